The van der Waals surface area contributed by atoms with Gasteiger partial charge in [0.15, 0.2) is 0 Å². The van der Waals surface area contributed by atoms with Crippen molar-refractivity contribution in [1.82, 2.24) is 14.5 Å². The molecule has 2 aromatic carbocycles. The summed E-state index contributed by atoms with van der Waals surface area (Å²) in [5.41, 5.74) is 8.85. The molecule has 2 atom stereocenters. The Labute approximate surface area is 169 Å². The van der Waals surface area contributed by atoms with Crippen LogP contribution in [0.3, 0.4) is 0 Å². The van der Waals surface area contributed by atoms with E-state index in [4.69, 9.17) is 5.73 Å². The van der Waals surface area contributed by atoms with Gasteiger partial charge >= 0.3 is 0 Å². The summed E-state index contributed by atoms with van der Waals surface area (Å²) in [5, 5.41) is 0.533. The molecule has 28 heavy (non-hydrogen) atoms. The highest BCUT2D eigenvalue weighted by molar-refractivity contribution is 5.85. The second-order valence-electron chi connectivity index (χ2n) is 7.13. The van der Waals surface area contributed by atoms with E-state index < -0.39 is 0 Å². The summed E-state index contributed by atoms with van der Waals surface area (Å²) in [5.74, 6) is 0.00374. The zero-order valence-corrected chi connectivity index (χ0v) is 16.4. The lowest BCUT2D eigenvalue weighted by Gasteiger charge is -2.17. The van der Waals surface area contributed by atoms with E-state index >= 15 is 0 Å². The van der Waals surface area contributed by atoms with E-state index in [0.29, 0.717) is 24.0 Å². The first-order valence-corrected chi connectivity index (χ1v) is 9.07. The Morgan fingerprint density at radius 3 is 2.64 bits per heavy atom. The Hall–Kier alpha value is -2.70. The number of carbonyl (C=O) groups excluding carboxylic acids is 1. The average Bonchev–Trinajstić information content (AvgIpc) is 3.07. The van der Waals surface area contributed by atoms with E-state index in [1.54, 1.807) is 11.0 Å². The number of carbonyl (C=O) groups is 1. The molecule has 2 heterocycles. The first kappa shape index (κ1) is 20.0. The molecular formula is C21H23ClN4O2. The molecular weight excluding hydrogens is 376 g/mol. The molecule has 6 nitrogen and oxygen atoms in total. The van der Waals surface area contributed by atoms with Gasteiger partial charge in [-0.3, -0.25) is 14.2 Å². The quantitative estimate of drug-likeness (QED) is 0.732. The predicted octanol–water partition coefficient (Wildman–Crippen LogP) is 2.08. The molecule has 4 rings (SSSR count). The topological polar surface area (TPSA) is 81.2 Å². The molecule has 3 aromatic rings. The number of nitrogens with two attached hydrogens (primary N) is 1. The van der Waals surface area contributed by atoms with Crippen LogP contribution in [-0.2, 0) is 11.3 Å². The molecule has 0 saturated carbocycles. The standard InChI is InChI=1S/C21H22N4O2.ClH/c1-14-6-5-9-16-20(14)23-13-25(21(16)27)12-19(26)24-10-17(18(22)11-24)15-7-3-2-4-8-15;/h2-9,13,17-18H,10-12,22H2,1H3;1H/t17-,18+;/m0./s1. The molecule has 0 radical (unpaired) electrons. The summed E-state index contributed by atoms with van der Waals surface area (Å²) in [6, 6.07) is 15.4. The van der Waals surface area contributed by atoms with Crippen LogP contribution in [-0.4, -0.2) is 39.5 Å². The van der Waals surface area contributed by atoms with Crippen molar-refractivity contribution in [2.24, 2.45) is 5.73 Å². The Morgan fingerprint density at radius 2 is 1.89 bits per heavy atom. The van der Waals surface area contributed by atoms with Gasteiger partial charge < -0.3 is 10.6 Å². The van der Waals surface area contributed by atoms with Crippen molar-refractivity contribution in [3.05, 3.63) is 76.3 Å². The normalized spacial score (nSPS) is 18.9. The van der Waals surface area contributed by atoms with Gasteiger partial charge in [0.05, 0.1) is 17.2 Å². The SMILES string of the molecule is Cc1cccc2c(=O)n(CC(=O)N3C[C@@H](N)[C@H](c4ccccc4)C3)cnc12.Cl. The van der Waals surface area contributed by atoms with Gasteiger partial charge in [-0.25, -0.2) is 4.98 Å². The van der Waals surface area contributed by atoms with Gasteiger partial charge in [-0.2, -0.15) is 0 Å². The average molecular weight is 399 g/mol. The summed E-state index contributed by atoms with van der Waals surface area (Å²) in [6.07, 6.45) is 1.46. The Morgan fingerprint density at radius 1 is 1.14 bits per heavy atom. The van der Waals surface area contributed by atoms with E-state index in [2.05, 4.69) is 4.98 Å². The van der Waals surface area contributed by atoms with Crippen LogP contribution < -0.4 is 11.3 Å². The Bertz CT molecular complexity index is 1050. The lowest BCUT2D eigenvalue weighted by molar-refractivity contribution is -0.130. The molecule has 0 spiro atoms. The Kier molecular flexibility index (Phi) is 5.82. The number of aryl methyl sites for hydroxylation is 1. The van der Waals surface area contributed by atoms with E-state index in [1.807, 2.05) is 49.4 Å². The van der Waals surface area contributed by atoms with Crippen molar-refractivity contribution in [2.45, 2.75) is 25.4 Å². The van der Waals surface area contributed by atoms with Crippen molar-refractivity contribution < 1.29 is 4.79 Å². The number of para-hydroxylation sites is 1. The van der Waals surface area contributed by atoms with E-state index in [9.17, 15) is 9.59 Å². The number of hydrogen-bond acceptors (Lipinski definition) is 4. The van der Waals surface area contributed by atoms with Crippen molar-refractivity contribution in [1.29, 1.82) is 0 Å². The Balaban J connectivity index is 0.00000225. The van der Waals surface area contributed by atoms with Crippen LogP contribution in [0.25, 0.3) is 10.9 Å². The van der Waals surface area contributed by atoms with Crippen LogP contribution >= 0.6 is 12.4 Å². The van der Waals surface area contributed by atoms with Crippen molar-refractivity contribution >= 4 is 29.2 Å². The first-order valence-electron chi connectivity index (χ1n) is 9.07. The third-order valence-electron chi connectivity index (χ3n) is 5.31. The van der Waals surface area contributed by atoms with Gasteiger partial charge in [0, 0.05) is 25.0 Å². The second kappa shape index (κ2) is 8.12. The van der Waals surface area contributed by atoms with Crippen LogP contribution in [0.1, 0.15) is 17.0 Å². The molecule has 1 aliphatic heterocycles. The highest BCUT2D eigenvalue weighted by Crippen LogP contribution is 2.26. The minimum atomic E-state index is -0.194. The maximum atomic E-state index is 12.8. The minimum absolute atomic E-state index is 0. The number of aromatic nitrogens is 2. The molecule has 0 unspecified atom stereocenters. The van der Waals surface area contributed by atoms with Crippen LogP contribution in [0.5, 0.6) is 0 Å². The highest BCUT2D eigenvalue weighted by atomic mass is 35.5. The highest BCUT2D eigenvalue weighted by Gasteiger charge is 2.33. The summed E-state index contributed by atoms with van der Waals surface area (Å²) in [6.45, 7) is 2.95. The monoisotopic (exact) mass is 398 g/mol. The number of hydrogen-bond donors (Lipinski definition) is 1. The predicted molar refractivity (Wildman–Crippen MR) is 112 cm³/mol. The van der Waals surface area contributed by atoms with Crippen LogP contribution in [0, 0.1) is 6.92 Å². The first-order chi connectivity index (χ1) is 13.0. The van der Waals surface area contributed by atoms with Gasteiger partial charge in [-0.05, 0) is 24.1 Å². The fourth-order valence-corrected chi connectivity index (χ4v) is 3.78. The van der Waals surface area contributed by atoms with Crippen LogP contribution in [0.4, 0.5) is 0 Å². The fourth-order valence-electron chi connectivity index (χ4n) is 3.78. The zero-order valence-electron chi connectivity index (χ0n) is 15.6. The molecule has 7 heteroatoms. The van der Waals surface area contributed by atoms with Gasteiger partial charge in [0.2, 0.25) is 5.91 Å². The summed E-state index contributed by atoms with van der Waals surface area (Å²) >= 11 is 0. The smallest absolute Gasteiger partial charge is 0.261 e. The van der Waals surface area contributed by atoms with Gasteiger partial charge in [-0.15, -0.1) is 12.4 Å². The lowest BCUT2D eigenvalue weighted by Crippen LogP contribution is -2.36. The van der Waals surface area contributed by atoms with E-state index in [0.717, 1.165) is 11.1 Å². The van der Waals surface area contributed by atoms with Crippen LogP contribution in [0.15, 0.2) is 59.7 Å². The molecule has 1 fully saturated rings. The number of halogens is 1. The summed E-state index contributed by atoms with van der Waals surface area (Å²) in [7, 11) is 0. The number of fused-ring (bicyclic) bond motifs is 1. The fraction of sp³-hybridized carbons (Fsp3) is 0.286. The van der Waals surface area contributed by atoms with Gasteiger partial charge in [0.25, 0.3) is 5.56 Å². The summed E-state index contributed by atoms with van der Waals surface area (Å²) in [4.78, 5) is 31.6. The minimum Gasteiger partial charge on any atom is -0.339 e. The number of rotatable bonds is 3. The van der Waals surface area contributed by atoms with E-state index in [-0.39, 0.29) is 42.4 Å². The van der Waals surface area contributed by atoms with Crippen LogP contribution in [0.2, 0.25) is 0 Å². The van der Waals surface area contributed by atoms with Gasteiger partial charge in [0.1, 0.15) is 6.54 Å². The van der Waals surface area contributed by atoms with Gasteiger partial charge in [-0.1, -0.05) is 42.5 Å². The molecule has 1 saturated heterocycles. The number of likely N-dealkylation sites (tertiary alicyclic amines) is 1. The summed E-state index contributed by atoms with van der Waals surface area (Å²) < 4.78 is 1.38. The number of nitrogens with zero attached hydrogens (tertiary/aromatic N) is 3. The molecule has 1 aliphatic rings. The molecule has 1 aromatic heterocycles. The molecule has 1 amide bonds. The largest absolute Gasteiger partial charge is 0.339 e. The van der Waals surface area contributed by atoms with Crippen molar-refractivity contribution in [2.75, 3.05) is 13.1 Å². The van der Waals surface area contributed by atoms with E-state index in [1.165, 1.54) is 10.9 Å². The van der Waals surface area contributed by atoms with Crippen molar-refractivity contribution in [3.8, 4) is 0 Å². The number of benzene rings is 2. The number of amides is 1. The zero-order chi connectivity index (χ0) is 19.0. The maximum absolute atomic E-state index is 12.8. The molecule has 2 N–H and O–H groups in total. The molecule has 146 valence electrons. The molecule has 0 aliphatic carbocycles. The van der Waals surface area contributed by atoms with Crippen molar-refractivity contribution in [3.63, 3.8) is 0 Å². The molecule has 0 bridgehead atoms. The second-order valence-corrected chi connectivity index (χ2v) is 7.13. The lowest BCUT2D eigenvalue weighted by atomic mass is 9.95. The third kappa shape index (κ3) is 3.66. The third-order valence-corrected chi connectivity index (χ3v) is 5.31. The maximum Gasteiger partial charge on any atom is 0.261 e.